The molecule has 0 unspecified atom stereocenters. The molecule has 0 fully saturated rings. The smallest absolute Gasteiger partial charge is 0.180 e. The van der Waals surface area contributed by atoms with Gasteiger partial charge in [0.25, 0.3) is 0 Å². The number of carboxylic acid groups (broad SMARTS) is 1. The molecule has 0 aliphatic heterocycles. The van der Waals surface area contributed by atoms with Crippen LogP contribution in [0.2, 0.25) is 0 Å². The van der Waals surface area contributed by atoms with Gasteiger partial charge >= 0.3 is 0 Å². The maximum Gasteiger partial charge on any atom is 0.180 e. The van der Waals surface area contributed by atoms with Crippen LogP contribution in [0.25, 0.3) is 0 Å². The van der Waals surface area contributed by atoms with Gasteiger partial charge in [0.05, 0.1) is 5.97 Å². The second-order valence-electron chi connectivity index (χ2n) is 5.58. The standard InChI is InChI=1S/C15H18N2O3/c1-15(2,3)11-4-6-12(7-5-11)20-10-17-9-8-13(16-17)14(18)19/h4-9H,10H2,1-3H3,(H,18,19)/p-1. The molecule has 0 saturated carbocycles. The van der Waals surface area contributed by atoms with Gasteiger partial charge < -0.3 is 14.6 Å². The zero-order valence-corrected chi connectivity index (χ0v) is 11.8. The number of benzene rings is 1. The van der Waals surface area contributed by atoms with Gasteiger partial charge in [-0.1, -0.05) is 32.9 Å². The van der Waals surface area contributed by atoms with Gasteiger partial charge in [-0.05, 0) is 29.2 Å². The summed E-state index contributed by atoms with van der Waals surface area (Å²) in [5, 5.41) is 14.4. The summed E-state index contributed by atoms with van der Waals surface area (Å²) < 4.78 is 6.95. The number of aromatic nitrogens is 2. The molecule has 20 heavy (non-hydrogen) atoms. The van der Waals surface area contributed by atoms with Crippen LogP contribution in [0.1, 0.15) is 36.8 Å². The molecule has 2 rings (SSSR count). The highest BCUT2D eigenvalue weighted by atomic mass is 16.5. The molecule has 0 N–H and O–H groups in total. The van der Waals surface area contributed by atoms with Crippen LogP contribution in [-0.2, 0) is 12.1 Å². The van der Waals surface area contributed by atoms with E-state index in [0.29, 0.717) is 5.75 Å². The van der Waals surface area contributed by atoms with Crippen LogP contribution >= 0.6 is 0 Å². The summed E-state index contributed by atoms with van der Waals surface area (Å²) in [6, 6.07) is 9.20. The Hall–Kier alpha value is -2.30. The minimum absolute atomic E-state index is 0.100. The molecule has 0 bridgehead atoms. The average molecular weight is 273 g/mol. The molecule has 5 heteroatoms. The largest absolute Gasteiger partial charge is 0.543 e. The van der Waals surface area contributed by atoms with Crippen LogP contribution in [0.5, 0.6) is 5.75 Å². The lowest BCUT2D eigenvalue weighted by Crippen LogP contribution is -2.23. The number of hydrogen-bond donors (Lipinski definition) is 0. The van der Waals surface area contributed by atoms with Gasteiger partial charge in [-0.2, -0.15) is 5.10 Å². The van der Waals surface area contributed by atoms with Crippen LogP contribution in [0.4, 0.5) is 0 Å². The molecule has 0 saturated heterocycles. The Balaban J connectivity index is 1.98. The molecule has 106 valence electrons. The highest BCUT2D eigenvalue weighted by Gasteiger charge is 2.12. The number of nitrogens with zero attached hydrogens (tertiary/aromatic N) is 2. The molecule has 5 nitrogen and oxygen atoms in total. The molecule has 0 aliphatic carbocycles. The summed E-state index contributed by atoms with van der Waals surface area (Å²) in [5.74, 6) is -0.582. The highest BCUT2D eigenvalue weighted by Crippen LogP contribution is 2.24. The first kappa shape index (κ1) is 14.1. The van der Waals surface area contributed by atoms with Gasteiger partial charge in [0.1, 0.15) is 11.4 Å². The van der Waals surface area contributed by atoms with Gasteiger partial charge in [-0.3, -0.25) is 0 Å². The van der Waals surface area contributed by atoms with E-state index >= 15 is 0 Å². The highest BCUT2D eigenvalue weighted by molar-refractivity contribution is 5.83. The third-order valence-electron chi connectivity index (χ3n) is 2.93. The van der Waals surface area contributed by atoms with Crippen LogP contribution in [0.15, 0.2) is 36.5 Å². The second kappa shape index (κ2) is 5.36. The van der Waals surface area contributed by atoms with Crippen molar-refractivity contribution < 1.29 is 14.6 Å². The van der Waals surface area contributed by atoms with Crippen molar-refractivity contribution in [3.05, 3.63) is 47.8 Å². The van der Waals surface area contributed by atoms with Gasteiger partial charge in [-0.25, -0.2) is 4.68 Å². The Labute approximate surface area is 117 Å². The monoisotopic (exact) mass is 273 g/mol. The summed E-state index contributed by atoms with van der Waals surface area (Å²) in [6.07, 6.45) is 1.54. The predicted octanol–water partition coefficient (Wildman–Crippen LogP) is 1.58. The molecule has 0 atom stereocenters. The molecule has 1 heterocycles. The Bertz CT molecular complexity index is 594. The maximum absolute atomic E-state index is 10.6. The maximum atomic E-state index is 10.6. The summed E-state index contributed by atoms with van der Waals surface area (Å²) >= 11 is 0. The number of rotatable bonds is 4. The topological polar surface area (TPSA) is 67.2 Å². The van der Waals surface area contributed by atoms with Crippen molar-refractivity contribution in [2.75, 3.05) is 0 Å². The Morgan fingerprint density at radius 1 is 1.25 bits per heavy atom. The number of ether oxygens (including phenoxy) is 1. The Kier molecular flexibility index (Phi) is 3.79. The molecule has 0 spiro atoms. The van der Waals surface area contributed by atoms with Crippen molar-refractivity contribution in [2.45, 2.75) is 32.9 Å². The number of carbonyl (C=O) groups is 1. The minimum Gasteiger partial charge on any atom is -0.543 e. The molecular formula is C15H17N2O3-. The third kappa shape index (κ3) is 3.38. The van der Waals surface area contributed by atoms with E-state index in [9.17, 15) is 9.90 Å². The summed E-state index contributed by atoms with van der Waals surface area (Å²) in [5.41, 5.74) is 1.23. The van der Waals surface area contributed by atoms with Crippen molar-refractivity contribution in [2.24, 2.45) is 0 Å². The number of hydrogen-bond acceptors (Lipinski definition) is 4. The lowest BCUT2D eigenvalue weighted by atomic mass is 9.87. The molecule has 0 aliphatic rings. The normalized spacial score (nSPS) is 11.3. The number of carbonyl (C=O) groups excluding carboxylic acids is 1. The fourth-order valence-corrected chi connectivity index (χ4v) is 1.73. The van der Waals surface area contributed by atoms with E-state index in [1.165, 1.54) is 22.5 Å². The van der Waals surface area contributed by atoms with Gasteiger partial charge in [0.15, 0.2) is 6.73 Å². The Morgan fingerprint density at radius 2 is 1.90 bits per heavy atom. The van der Waals surface area contributed by atoms with Gasteiger partial charge in [-0.15, -0.1) is 0 Å². The minimum atomic E-state index is -1.29. The molecule has 0 amide bonds. The van der Waals surface area contributed by atoms with E-state index < -0.39 is 5.97 Å². The molecule has 1 aromatic carbocycles. The van der Waals surface area contributed by atoms with Crippen molar-refractivity contribution in [1.29, 1.82) is 0 Å². The summed E-state index contributed by atoms with van der Waals surface area (Å²) in [7, 11) is 0. The lowest BCUT2D eigenvalue weighted by molar-refractivity contribution is -0.255. The van der Waals surface area contributed by atoms with E-state index in [4.69, 9.17) is 4.74 Å². The molecular weight excluding hydrogens is 256 g/mol. The first-order valence-electron chi connectivity index (χ1n) is 6.34. The van der Waals surface area contributed by atoms with E-state index in [1.54, 1.807) is 0 Å². The fourth-order valence-electron chi connectivity index (χ4n) is 1.73. The molecule has 2 aromatic rings. The first-order valence-corrected chi connectivity index (χ1v) is 6.34. The average Bonchev–Trinajstić information content (AvgIpc) is 2.85. The molecule has 0 radical (unpaired) electrons. The Morgan fingerprint density at radius 3 is 2.40 bits per heavy atom. The van der Waals surface area contributed by atoms with Crippen molar-refractivity contribution in [1.82, 2.24) is 9.78 Å². The second-order valence-corrected chi connectivity index (χ2v) is 5.58. The molecule has 1 aromatic heterocycles. The quantitative estimate of drug-likeness (QED) is 0.848. The van der Waals surface area contributed by atoms with Crippen LogP contribution < -0.4 is 9.84 Å². The third-order valence-corrected chi connectivity index (χ3v) is 2.93. The van der Waals surface area contributed by atoms with Gasteiger partial charge in [0, 0.05) is 6.20 Å². The first-order chi connectivity index (χ1) is 9.36. The van der Waals surface area contributed by atoms with Crippen LogP contribution in [0, 0.1) is 0 Å². The van der Waals surface area contributed by atoms with E-state index in [0.717, 1.165) is 0 Å². The van der Waals surface area contributed by atoms with Gasteiger partial charge in [0.2, 0.25) is 0 Å². The van der Waals surface area contributed by atoms with E-state index in [1.807, 2.05) is 24.3 Å². The summed E-state index contributed by atoms with van der Waals surface area (Å²) in [6.45, 7) is 6.60. The van der Waals surface area contributed by atoms with Crippen molar-refractivity contribution in [3.63, 3.8) is 0 Å². The van der Waals surface area contributed by atoms with Crippen LogP contribution in [0.3, 0.4) is 0 Å². The summed E-state index contributed by atoms with van der Waals surface area (Å²) in [4.78, 5) is 10.6. The SMILES string of the molecule is CC(C)(C)c1ccc(OCn2ccc(C(=O)[O-])n2)cc1. The zero-order chi connectivity index (χ0) is 14.8. The van der Waals surface area contributed by atoms with Crippen molar-refractivity contribution >= 4 is 5.97 Å². The lowest BCUT2D eigenvalue weighted by Gasteiger charge is -2.19. The fraction of sp³-hybridized carbons (Fsp3) is 0.333. The van der Waals surface area contributed by atoms with E-state index in [2.05, 4.69) is 25.9 Å². The zero-order valence-electron chi connectivity index (χ0n) is 11.8. The van der Waals surface area contributed by atoms with Crippen LogP contribution in [-0.4, -0.2) is 15.7 Å². The number of carboxylic acids is 1. The number of aromatic carboxylic acids is 1. The van der Waals surface area contributed by atoms with Crippen molar-refractivity contribution in [3.8, 4) is 5.75 Å². The van der Waals surface area contributed by atoms with E-state index in [-0.39, 0.29) is 17.8 Å². The predicted molar refractivity (Wildman–Crippen MR) is 72.3 cm³/mol.